The summed E-state index contributed by atoms with van der Waals surface area (Å²) in [6, 6.07) is 4.15. The minimum atomic E-state index is -1.03. The zero-order valence-corrected chi connectivity index (χ0v) is 9.06. The average molecular weight is 234 g/mol. The molecule has 0 aliphatic carbocycles. The summed E-state index contributed by atoms with van der Waals surface area (Å²) in [4.78, 5) is 22.0. The molecular weight excluding hydrogens is 224 g/mol. The summed E-state index contributed by atoms with van der Waals surface area (Å²) < 4.78 is 4.99. The van der Waals surface area contributed by atoms with Crippen molar-refractivity contribution in [3.63, 3.8) is 0 Å². The number of phenols is 1. The molecule has 0 bridgehead atoms. The molecule has 1 heterocycles. The van der Waals surface area contributed by atoms with Crippen LogP contribution in [0, 0.1) is 6.92 Å². The zero-order valence-electron chi connectivity index (χ0n) is 9.06. The van der Waals surface area contributed by atoms with E-state index in [1.165, 1.54) is 6.07 Å². The number of hydrogen-bond acceptors (Lipinski definition) is 4. The molecule has 2 rings (SSSR count). The number of carboxylic acids is 1. The van der Waals surface area contributed by atoms with E-state index in [0.29, 0.717) is 16.5 Å². The lowest BCUT2D eigenvalue weighted by atomic mass is 10.0. The van der Waals surface area contributed by atoms with E-state index in [1.54, 1.807) is 13.0 Å². The highest BCUT2D eigenvalue weighted by Gasteiger charge is 2.12. The molecule has 0 saturated heterocycles. The Kier molecular flexibility index (Phi) is 2.59. The fraction of sp³-hybridized carbons (Fsp3) is 0.167. The Morgan fingerprint density at radius 3 is 2.76 bits per heavy atom. The quantitative estimate of drug-likeness (QED) is 0.767. The van der Waals surface area contributed by atoms with Crippen molar-refractivity contribution >= 4 is 16.9 Å². The second-order valence-corrected chi connectivity index (χ2v) is 3.75. The van der Waals surface area contributed by atoms with Gasteiger partial charge in [0.25, 0.3) is 0 Å². The number of hydrogen-bond donors (Lipinski definition) is 2. The maximum atomic E-state index is 11.3. The van der Waals surface area contributed by atoms with E-state index in [-0.39, 0.29) is 17.8 Å². The van der Waals surface area contributed by atoms with Gasteiger partial charge in [0, 0.05) is 17.0 Å². The van der Waals surface area contributed by atoms with Gasteiger partial charge in [-0.05, 0) is 24.6 Å². The Bertz CT molecular complexity index is 654. The maximum absolute atomic E-state index is 11.3. The Morgan fingerprint density at radius 1 is 1.41 bits per heavy atom. The van der Waals surface area contributed by atoms with Crippen LogP contribution < -0.4 is 5.63 Å². The van der Waals surface area contributed by atoms with Crippen LogP contribution in [0.2, 0.25) is 0 Å². The third-order valence-corrected chi connectivity index (χ3v) is 2.56. The van der Waals surface area contributed by atoms with Gasteiger partial charge >= 0.3 is 11.6 Å². The zero-order chi connectivity index (χ0) is 12.6. The number of aryl methyl sites for hydroxylation is 1. The van der Waals surface area contributed by atoms with Crippen LogP contribution in [-0.2, 0) is 11.2 Å². The normalized spacial score (nSPS) is 10.6. The van der Waals surface area contributed by atoms with Crippen LogP contribution in [0.25, 0.3) is 11.0 Å². The molecule has 0 unspecified atom stereocenters. The van der Waals surface area contributed by atoms with Gasteiger partial charge in [0.15, 0.2) is 0 Å². The van der Waals surface area contributed by atoms with Crippen molar-refractivity contribution in [3.05, 3.63) is 39.7 Å². The van der Waals surface area contributed by atoms with Crippen molar-refractivity contribution in [1.29, 1.82) is 0 Å². The molecule has 0 saturated carbocycles. The van der Waals surface area contributed by atoms with E-state index < -0.39 is 11.6 Å². The fourth-order valence-electron chi connectivity index (χ4n) is 1.72. The summed E-state index contributed by atoms with van der Waals surface area (Å²) in [5, 5.41) is 18.8. The van der Waals surface area contributed by atoms with Gasteiger partial charge in [0.05, 0.1) is 6.42 Å². The molecule has 5 nitrogen and oxygen atoms in total. The second kappa shape index (κ2) is 3.93. The first-order chi connectivity index (χ1) is 7.99. The first-order valence-electron chi connectivity index (χ1n) is 4.96. The summed E-state index contributed by atoms with van der Waals surface area (Å²) in [5.41, 5.74) is 0.412. The summed E-state index contributed by atoms with van der Waals surface area (Å²) in [5.74, 6) is -1.02. The number of phenolic OH excluding ortho intramolecular Hbond substituents is 1. The van der Waals surface area contributed by atoms with E-state index >= 15 is 0 Å². The van der Waals surface area contributed by atoms with Crippen LogP contribution in [0.1, 0.15) is 11.1 Å². The average Bonchev–Trinajstić information content (AvgIpc) is 2.23. The lowest BCUT2D eigenvalue weighted by Gasteiger charge is -2.06. The molecule has 1 aromatic carbocycles. The third-order valence-electron chi connectivity index (χ3n) is 2.56. The summed E-state index contributed by atoms with van der Waals surface area (Å²) in [6.07, 6.45) is -0.258. The first-order valence-corrected chi connectivity index (χ1v) is 4.96. The largest absolute Gasteiger partial charge is 0.508 e. The molecule has 0 fully saturated rings. The van der Waals surface area contributed by atoms with E-state index in [0.717, 1.165) is 6.07 Å². The van der Waals surface area contributed by atoms with Gasteiger partial charge in [-0.15, -0.1) is 0 Å². The highest BCUT2D eigenvalue weighted by atomic mass is 16.4. The molecule has 17 heavy (non-hydrogen) atoms. The Balaban J connectivity index is 2.81. The van der Waals surface area contributed by atoms with Crippen molar-refractivity contribution in [2.75, 3.05) is 0 Å². The molecule has 0 aliphatic rings. The van der Waals surface area contributed by atoms with Crippen LogP contribution >= 0.6 is 0 Å². The van der Waals surface area contributed by atoms with Crippen molar-refractivity contribution in [2.24, 2.45) is 0 Å². The predicted octanol–water partition coefficient (Wildman–Crippen LogP) is 1.43. The third kappa shape index (κ3) is 1.99. The van der Waals surface area contributed by atoms with Crippen LogP contribution in [0.15, 0.2) is 27.4 Å². The fourth-order valence-corrected chi connectivity index (χ4v) is 1.72. The number of rotatable bonds is 2. The minimum Gasteiger partial charge on any atom is -0.508 e. The molecule has 88 valence electrons. The number of aromatic hydroxyl groups is 1. The number of carboxylic acid groups (broad SMARTS) is 1. The Morgan fingerprint density at radius 2 is 2.12 bits per heavy atom. The molecule has 1 aromatic heterocycles. The van der Waals surface area contributed by atoms with Crippen LogP contribution in [0.3, 0.4) is 0 Å². The van der Waals surface area contributed by atoms with Crippen molar-refractivity contribution in [3.8, 4) is 5.75 Å². The molecule has 2 aromatic rings. The summed E-state index contributed by atoms with van der Waals surface area (Å²) >= 11 is 0. The number of fused-ring (bicyclic) bond motifs is 1. The molecule has 0 atom stereocenters. The van der Waals surface area contributed by atoms with Crippen LogP contribution in [0.4, 0.5) is 0 Å². The van der Waals surface area contributed by atoms with Gasteiger partial charge in [-0.25, -0.2) is 4.79 Å². The van der Waals surface area contributed by atoms with Crippen molar-refractivity contribution in [1.82, 2.24) is 0 Å². The predicted molar refractivity (Wildman–Crippen MR) is 60.2 cm³/mol. The van der Waals surface area contributed by atoms with Gasteiger partial charge in [-0.1, -0.05) is 0 Å². The molecule has 0 spiro atoms. The van der Waals surface area contributed by atoms with Gasteiger partial charge < -0.3 is 14.6 Å². The Hall–Kier alpha value is -2.30. The van der Waals surface area contributed by atoms with Crippen LogP contribution in [-0.4, -0.2) is 16.2 Å². The van der Waals surface area contributed by atoms with Gasteiger partial charge in [-0.2, -0.15) is 0 Å². The summed E-state index contributed by atoms with van der Waals surface area (Å²) in [6.45, 7) is 1.60. The van der Waals surface area contributed by atoms with Crippen molar-refractivity contribution < 1.29 is 19.4 Å². The molecule has 0 amide bonds. The highest BCUT2D eigenvalue weighted by Crippen LogP contribution is 2.27. The monoisotopic (exact) mass is 234 g/mol. The highest BCUT2D eigenvalue weighted by molar-refractivity contribution is 5.87. The van der Waals surface area contributed by atoms with Gasteiger partial charge in [0.2, 0.25) is 0 Å². The maximum Gasteiger partial charge on any atom is 0.336 e. The number of aliphatic carboxylic acids is 1. The molecule has 0 radical (unpaired) electrons. The van der Waals surface area contributed by atoms with E-state index in [1.807, 2.05) is 0 Å². The van der Waals surface area contributed by atoms with Gasteiger partial charge in [-0.3, -0.25) is 4.79 Å². The topological polar surface area (TPSA) is 87.7 Å². The van der Waals surface area contributed by atoms with Crippen molar-refractivity contribution in [2.45, 2.75) is 13.3 Å². The minimum absolute atomic E-state index is 0.00752. The standard InChI is InChI=1S/C12H10O5/c1-6-9(13)3-2-8-7(4-10(14)15)5-11(16)17-12(6)8/h2-3,5,13H,4H2,1H3,(H,14,15). The second-order valence-electron chi connectivity index (χ2n) is 3.75. The number of carbonyl (C=O) groups is 1. The van der Waals surface area contributed by atoms with Gasteiger partial charge in [0.1, 0.15) is 11.3 Å². The lowest BCUT2D eigenvalue weighted by molar-refractivity contribution is -0.136. The lowest BCUT2D eigenvalue weighted by Crippen LogP contribution is -2.06. The summed E-state index contributed by atoms with van der Waals surface area (Å²) in [7, 11) is 0. The SMILES string of the molecule is Cc1c(O)ccc2c(CC(=O)O)cc(=O)oc12. The Labute approximate surface area is 95.9 Å². The molecule has 0 aliphatic heterocycles. The van der Waals surface area contributed by atoms with E-state index in [4.69, 9.17) is 9.52 Å². The molecular formula is C12H10O5. The van der Waals surface area contributed by atoms with Crippen LogP contribution in [0.5, 0.6) is 5.75 Å². The molecule has 2 N–H and O–H groups in total. The molecule has 5 heteroatoms. The smallest absolute Gasteiger partial charge is 0.336 e. The van der Waals surface area contributed by atoms with E-state index in [2.05, 4.69) is 0 Å². The first kappa shape index (κ1) is 11.2. The van der Waals surface area contributed by atoms with E-state index in [9.17, 15) is 14.7 Å². The number of benzene rings is 1.